The van der Waals surface area contributed by atoms with E-state index in [1.165, 1.54) is 0 Å². The zero-order valence-electron chi connectivity index (χ0n) is 11.0. The number of hydrogen-bond acceptors (Lipinski definition) is 5. The quantitative estimate of drug-likeness (QED) is 0.635. The number of sulfonamides is 1. The topological polar surface area (TPSA) is 95.7 Å². The summed E-state index contributed by atoms with van der Waals surface area (Å²) in [6.45, 7) is 3.83. The second-order valence-corrected chi connectivity index (χ2v) is 5.88. The molecule has 0 bridgehead atoms. The highest BCUT2D eigenvalue weighted by molar-refractivity contribution is 7.89. The largest absolute Gasteiger partial charge is 0.395 e. The van der Waals surface area contributed by atoms with Crippen molar-refractivity contribution in [2.45, 2.75) is 6.92 Å². The zero-order valence-corrected chi connectivity index (χ0v) is 11.9. The van der Waals surface area contributed by atoms with Crippen molar-refractivity contribution in [3.8, 4) is 0 Å². The third-order valence-corrected chi connectivity index (χ3v) is 3.47. The summed E-state index contributed by atoms with van der Waals surface area (Å²) >= 11 is 0. The van der Waals surface area contributed by atoms with Gasteiger partial charge in [-0.15, -0.1) is 0 Å². The molecule has 6 nitrogen and oxygen atoms in total. The van der Waals surface area contributed by atoms with Crippen molar-refractivity contribution >= 4 is 21.4 Å². The molecule has 0 aliphatic heterocycles. The summed E-state index contributed by atoms with van der Waals surface area (Å²) in [7, 11) is -3.43. The number of aliphatic hydroxyl groups excluding tert-OH is 1. The Morgan fingerprint density at radius 3 is 2.42 bits per heavy atom. The number of benzene rings is 1. The molecule has 0 saturated carbocycles. The van der Waals surface area contributed by atoms with Gasteiger partial charge in [0.2, 0.25) is 10.0 Å². The Balaban J connectivity index is 2.56. The van der Waals surface area contributed by atoms with Crippen LogP contribution >= 0.6 is 0 Å². The van der Waals surface area contributed by atoms with Gasteiger partial charge >= 0.3 is 0 Å². The molecule has 108 valence electrons. The van der Waals surface area contributed by atoms with E-state index in [0.717, 1.165) is 17.9 Å². The SMILES string of the molecule is CCN(CCO)c1ccc(NCCS(N)(=O)=O)cc1. The van der Waals surface area contributed by atoms with Gasteiger partial charge in [-0.3, -0.25) is 0 Å². The maximum atomic E-state index is 10.8. The average Bonchev–Trinajstić information content (AvgIpc) is 2.35. The lowest BCUT2D eigenvalue weighted by Crippen LogP contribution is -2.26. The lowest BCUT2D eigenvalue weighted by atomic mass is 10.2. The fraction of sp³-hybridized carbons (Fsp3) is 0.500. The van der Waals surface area contributed by atoms with Crippen LogP contribution in [0.15, 0.2) is 24.3 Å². The number of anilines is 2. The van der Waals surface area contributed by atoms with Gasteiger partial charge in [-0.1, -0.05) is 0 Å². The van der Waals surface area contributed by atoms with Crippen LogP contribution in [0.5, 0.6) is 0 Å². The van der Waals surface area contributed by atoms with Crippen molar-refractivity contribution in [2.75, 3.05) is 42.2 Å². The Morgan fingerprint density at radius 2 is 1.95 bits per heavy atom. The van der Waals surface area contributed by atoms with Crippen LogP contribution in [0.1, 0.15) is 6.92 Å². The van der Waals surface area contributed by atoms with E-state index in [1.807, 2.05) is 36.1 Å². The van der Waals surface area contributed by atoms with Crippen molar-refractivity contribution in [3.63, 3.8) is 0 Å². The number of likely N-dealkylation sites (N-methyl/N-ethyl adjacent to an activating group) is 1. The molecule has 0 saturated heterocycles. The monoisotopic (exact) mass is 287 g/mol. The predicted molar refractivity (Wildman–Crippen MR) is 77.9 cm³/mol. The van der Waals surface area contributed by atoms with Crippen molar-refractivity contribution in [1.29, 1.82) is 0 Å². The molecule has 0 heterocycles. The Morgan fingerprint density at radius 1 is 1.32 bits per heavy atom. The number of primary sulfonamides is 1. The summed E-state index contributed by atoms with van der Waals surface area (Å²) in [5.74, 6) is -0.0969. The molecular weight excluding hydrogens is 266 g/mol. The minimum Gasteiger partial charge on any atom is -0.395 e. The van der Waals surface area contributed by atoms with Crippen molar-refractivity contribution in [1.82, 2.24) is 0 Å². The number of rotatable bonds is 8. The molecule has 19 heavy (non-hydrogen) atoms. The Kier molecular flexibility index (Phi) is 6.07. The molecule has 0 aliphatic rings. The van der Waals surface area contributed by atoms with Crippen LogP contribution in [-0.4, -0.2) is 45.5 Å². The summed E-state index contributed by atoms with van der Waals surface area (Å²) in [4.78, 5) is 2.05. The molecule has 1 rings (SSSR count). The number of hydrogen-bond donors (Lipinski definition) is 3. The van der Waals surface area contributed by atoms with Gasteiger partial charge in [0, 0.05) is 31.0 Å². The van der Waals surface area contributed by atoms with E-state index < -0.39 is 10.0 Å². The highest BCUT2D eigenvalue weighted by atomic mass is 32.2. The molecule has 0 amide bonds. The van der Waals surface area contributed by atoms with Gasteiger partial charge in [0.15, 0.2) is 0 Å². The van der Waals surface area contributed by atoms with E-state index in [9.17, 15) is 8.42 Å². The van der Waals surface area contributed by atoms with E-state index in [-0.39, 0.29) is 18.9 Å². The van der Waals surface area contributed by atoms with E-state index >= 15 is 0 Å². The van der Waals surface area contributed by atoms with Crippen LogP contribution in [0.4, 0.5) is 11.4 Å². The highest BCUT2D eigenvalue weighted by Gasteiger charge is 2.04. The summed E-state index contributed by atoms with van der Waals surface area (Å²) in [5.41, 5.74) is 1.86. The molecule has 0 spiro atoms. The second kappa shape index (κ2) is 7.32. The van der Waals surface area contributed by atoms with Gasteiger partial charge in [-0.05, 0) is 31.2 Å². The smallest absolute Gasteiger partial charge is 0.210 e. The average molecular weight is 287 g/mol. The van der Waals surface area contributed by atoms with Crippen molar-refractivity contribution in [2.24, 2.45) is 5.14 Å². The molecular formula is C12H21N3O3S. The van der Waals surface area contributed by atoms with Crippen LogP contribution in [0.3, 0.4) is 0 Å². The van der Waals surface area contributed by atoms with E-state index in [0.29, 0.717) is 6.54 Å². The van der Waals surface area contributed by atoms with Crippen LogP contribution in [0, 0.1) is 0 Å². The van der Waals surface area contributed by atoms with Gasteiger partial charge in [-0.2, -0.15) is 0 Å². The van der Waals surface area contributed by atoms with Gasteiger partial charge in [0.25, 0.3) is 0 Å². The van der Waals surface area contributed by atoms with Crippen LogP contribution in [0.2, 0.25) is 0 Å². The third-order valence-electron chi connectivity index (χ3n) is 2.70. The van der Waals surface area contributed by atoms with Gasteiger partial charge in [0.1, 0.15) is 0 Å². The molecule has 0 atom stereocenters. The minimum absolute atomic E-state index is 0.0969. The summed E-state index contributed by atoms with van der Waals surface area (Å²) < 4.78 is 21.6. The number of nitrogens with two attached hydrogens (primary N) is 1. The first-order valence-corrected chi connectivity index (χ1v) is 7.88. The van der Waals surface area contributed by atoms with Crippen molar-refractivity contribution < 1.29 is 13.5 Å². The van der Waals surface area contributed by atoms with Gasteiger partial charge in [0.05, 0.1) is 12.4 Å². The molecule has 1 aromatic carbocycles. The molecule has 0 fully saturated rings. The fourth-order valence-corrected chi connectivity index (χ4v) is 2.10. The molecule has 0 aromatic heterocycles. The molecule has 4 N–H and O–H groups in total. The summed E-state index contributed by atoms with van der Waals surface area (Å²) in [6, 6.07) is 7.61. The van der Waals surface area contributed by atoms with Crippen LogP contribution in [0.25, 0.3) is 0 Å². The molecule has 0 unspecified atom stereocenters. The molecule has 0 aliphatic carbocycles. The van der Waals surface area contributed by atoms with E-state index in [4.69, 9.17) is 10.2 Å². The van der Waals surface area contributed by atoms with Crippen LogP contribution < -0.4 is 15.4 Å². The number of nitrogens with one attached hydrogen (secondary N) is 1. The Bertz CT molecular complexity index is 473. The fourth-order valence-electron chi connectivity index (χ4n) is 1.72. The Hall–Kier alpha value is -1.31. The maximum absolute atomic E-state index is 10.8. The molecule has 1 aromatic rings. The zero-order chi connectivity index (χ0) is 14.3. The van der Waals surface area contributed by atoms with Crippen molar-refractivity contribution in [3.05, 3.63) is 24.3 Å². The maximum Gasteiger partial charge on any atom is 0.210 e. The number of nitrogens with zero attached hydrogens (tertiary/aromatic N) is 1. The lowest BCUT2D eigenvalue weighted by molar-refractivity contribution is 0.302. The standard InChI is InChI=1S/C12H21N3O3S/c1-2-15(8-9-16)12-5-3-11(4-6-12)14-7-10-19(13,17)18/h3-6,14,16H,2,7-10H2,1H3,(H2,13,17,18). The second-order valence-electron chi connectivity index (χ2n) is 4.14. The minimum atomic E-state index is -3.43. The van der Waals surface area contributed by atoms with Gasteiger partial charge in [-0.25, -0.2) is 13.6 Å². The summed E-state index contributed by atoms with van der Waals surface area (Å²) in [6.07, 6.45) is 0. The molecule has 0 radical (unpaired) electrons. The predicted octanol–water partition coefficient (Wildman–Crippen LogP) is 0.206. The first-order valence-electron chi connectivity index (χ1n) is 6.16. The number of aliphatic hydroxyl groups is 1. The van der Waals surface area contributed by atoms with Crippen LogP contribution in [-0.2, 0) is 10.0 Å². The lowest BCUT2D eigenvalue weighted by Gasteiger charge is -2.22. The van der Waals surface area contributed by atoms with E-state index in [1.54, 1.807) is 0 Å². The molecule has 7 heteroatoms. The first kappa shape index (κ1) is 15.7. The normalized spacial score (nSPS) is 11.3. The van der Waals surface area contributed by atoms with E-state index in [2.05, 4.69) is 5.32 Å². The van der Waals surface area contributed by atoms with Gasteiger partial charge < -0.3 is 15.3 Å². The third kappa shape index (κ3) is 5.91. The first-order chi connectivity index (χ1) is 8.96. The summed E-state index contributed by atoms with van der Waals surface area (Å²) in [5, 5.41) is 16.9. The Labute approximate surface area is 114 Å². The highest BCUT2D eigenvalue weighted by Crippen LogP contribution is 2.17.